The van der Waals surface area contributed by atoms with Crippen molar-refractivity contribution >= 4 is 24.4 Å². The Hall–Kier alpha value is -1.53. The summed E-state index contributed by atoms with van der Waals surface area (Å²) in [5.41, 5.74) is -0.0853. The third-order valence-corrected chi connectivity index (χ3v) is 4.98. The second-order valence-corrected chi connectivity index (χ2v) is 6.79. The van der Waals surface area contributed by atoms with E-state index in [1.165, 1.54) is 31.1 Å². The molecule has 26 heavy (non-hydrogen) atoms. The van der Waals surface area contributed by atoms with E-state index in [9.17, 15) is 18.0 Å². The van der Waals surface area contributed by atoms with Gasteiger partial charge in [-0.1, -0.05) is 12.1 Å². The zero-order valence-electron chi connectivity index (χ0n) is 14.5. The molecule has 7 heteroatoms. The van der Waals surface area contributed by atoms with Gasteiger partial charge in [0.25, 0.3) is 0 Å². The molecule has 0 bridgehead atoms. The third-order valence-electron chi connectivity index (χ3n) is 4.98. The van der Waals surface area contributed by atoms with Gasteiger partial charge in [-0.05, 0) is 62.5 Å². The topological polar surface area (TPSA) is 23.6 Å². The van der Waals surface area contributed by atoms with Crippen molar-refractivity contribution in [2.24, 2.45) is 0 Å². The van der Waals surface area contributed by atoms with Gasteiger partial charge in [0.2, 0.25) is 5.91 Å². The van der Waals surface area contributed by atoms with E-state index in [1.54, 1.807) is 6.08 Å². The normalized spacial score (nSPS) is 21.3. The Morgan fingerprint density at radius 2 is 1.73 bits per heavy atom. The maximum absolute atomic E-state index is 12.6. The van der Waals surface area contributed by atoms with Crippen LogP contribution in [0.1, 0.15) is 36.8 Å². The van der Waals surface area contributed by atoms with E-state index < -0.39 is 11.7 Å². The molecule has 3 rings (SSSR count). The second kappa shape index (κ2) is 8.91. The standard InChI is InChI=1S/C19H23F3N2O.ClH/c20-19(21,22)16-8-5-15(6-9-16)7-10-18(25)24-13-3-4-17(24)14-23-11-1-2-12-23;/h5-10,17H,1-4,11-14H2;1H/b10-7+;/t17-;/m0./s1. The SMILES string of the molecule is Cl.O=C(/C=C/c1ccc(C(F)(F)F)cc1)N1CCC[C@H]1CN1CCCC1. The van der Waals surface area contributed by atoms with Crippen molar-refractivity contribution in [3.63, 3.8) is 0 Å². The summed E-state index contributed by atoms with van der Waals surface area (Å²) in [6.07, 6.45) is 3.23. The number of amides is 1. The number of benzene rings is 1. The van der Waals surface area contributed by atoms with Crippen molar-refractivity contribution in [1.82, 2.24) is 9.80 Å². The number of halogens is 4. The molecule has 2 saturated heterocycles. The summed E-state index contributed by atoms with van der Waals surface area (Å²) in [4.78, 5) is 16.8. The molecule has 2 aliphatic rings. The fraction of sp³-hybridized carbons (Fsp3) is 0.526. The molecule has 1 aromatic carbocycles. The van der Waals surface area contributed by atoms with E-state index in [4.69, 9.17) is 0 Å². The summed E-state index contributed by atoms with van der Waals surface area (Å²) >= 11 is 0. The first-order valence-corrected chi connectivity index (χ1v) is 8.82. The van der Waals surface area contributed by atoms with Gasteiger partial charge < -0.3 is 9.80 Å². The van der Waals surface area contributed by atoms with Crippen LogP contribution in [0.15, 0.2) is 30.3 Å². The molecular formula is C19H24ClF3N2O. The average Bonchev–Trinajstić information content (AvgIpc) is 3.24. The molecule has 0 radical (unpaired) electrons. The second-order valence-electron chi connectivity index (χ2n) is 6.79. The lowest BCUT2D eigenvalue weighted by Gasteiger charge is -2.27. The smallest absolute Gasteiger partial charge is 0.335 e. The molecule has 2 fully saturated rings. The van der Waals surface area contributed by atoms with E-state index in [0.29, 0.717) is 5.56 Å². The summed E-state index contributed by atoms with van der Waals surface area (Å²) < 4.78 is 37.7. The van der Waals surface area contributed by atoms with Crippen LogP contribution >= 0.6 is 12.4 Å². The highest BCUT2D eigenvalue weighted by molar-refractivity contribution is 5.92. The largest absolute Gasteiger partial charge is 0.416 e. The molecule has 1 amide bonds. The number of hydrogen-bond acceptors (Lipinski definition) is 2. The van der Waals surface area contributed by atoms with Crippen LogP contribution in [0.2, 0.25) is 0 Å². The fourth-order valence-electron chi connectivity index (χ4n) is 3.63. The lowest BCUT2D eigenvalue weighted by Crippen LogP contribution is -2.41. The van der Waals surface area contributed by atoms with Gasteiger partial charge in [0, 0.05) is 25.2 Å². The number of carbonyl (C=O) groups excluding carboxylic acids is 1. The summed E-state index contributed by atoms with van der Waals surface area (Å²) in [5.74, 6) is -0.0541. The molecule has 144 valence electrons. The highest BCUT2D eigenvalue weighted by Crippen LogP contribution is 2.29. The Labute approximate surface area is 158 Å². The highest BCUT2D eigenvalue weighted by Gasteiger charge is 2.30. The zero-order chi connectivity index (χ0) is 17.9. The highest BCUT2D eigenvalue weighted by atomic mass is 35.5. The maximum Gasteiger partial charge on any atom is 0.416 e. The van der Waals surface area contributed by atoms with Crippen molar-refractivity contribution in [3.05, 3.63) is 41.5 Å². The van der Waals surface area contributed by atoms with Crippen molar-refractivity contribution in [1.29, 1.82) is 0 Å². The molecule has 2 aliphatic heterocycles. The fourth-order valence-corrected chi connectivity index (χ4v) is 3.63. The average molecular weight is 389 g/mol. The van der Waals surface area contributed by atoms with Crippen molar-refractivity contribution in [3.8, 4) is 0 Å². The summed E-state index contributed by atoms with van der Waals surface area (Å²) in [6, 6.07) is 5.10. The Kier molecular flexibility index (Phi) is 7.12. The quantitative estimate of drug-likeness (QED) is 0.721. The van der Waals surface area contributed by atoms with Crippen molar-refractivity contribution in [2.75, 3.05) is 26.2 Å². The molecule has 1 aromatic rings. The number of hydrogen-bond donors (Lipinski definition) is 0. The number of nitrogens with zero attached hydrogens (tertiary/aromatic N) is 2. The summed E-state index contributed by atoms with van der Waals surface area (Å²) in [7, 11) is 0. The lowest BCUT2D eigenvalue weighted by molar-refractivity contribution is -0.137. The number of rotatable bonds is 4. The monoisotopic (exact) mass is 388 g/mol. The minimum absolute atomic E-state index is 0. The van der Waals surface area contributed by atoms with E-state index in [0.717, 1.165) is 51.2 Å². The summed E-state index contributed by atoms with van der Waals surface area (Å²) in [5, 5.41) is 0. The van der Waals surface area contributed by atoms with Crippen LogP contribution in [0, 0.1) is 0 Å². The predicted molar refractivity (Wildman–Crippen MR) is 98.1 cm³/mol. The van der Waals surface area contributed by atoms with Crippen LogP contribution < -0.4 is 0 Å². The zero-order valence-corrected chi connectivity index (χ0v) is 15.4. The molecule has 2 heterocycles. The van der Waals surface area contributed by atoms with E-state index in [1.807, 2.05) is 4.90 Å². The van der Waals surface area contributed by atoms with Gasteiger partial charge in [0.15, 0.2) is 0 Å². The third kappa shape index (κ3) is 5.24. The van der Waals surface area contributed by atoms with Crippen molar-refractivity contribution in [2.45, 2.75) is 37.9 Å². The molecule has 0 aliphatic carbocycles. The van der Waals surface area contributed by atoms with Gasteiger partial charge in [-0.25, -0.2) is 0 Å². The Morgan fingerprint density at radius 3 is 2.35 bits per heavy atom. The van der Waals surface area contributed by atoms with E-state index in [-0.39, 0.29) is 24.4 Å². The van der Waals surface area contributed by atoms with Crippen molar-refractivity contribution < 1.29 is 18.0 Å². The van der Waals surface area contributed by atoms with Crippen LogP contribution in [0.4, 0.5) is 13.2 Å². The molecule has 1 atom stereocenters. The van der Waals surface area contributed by atoms with Gasteiger partial charge in [-0.3, -0.25) is 4.79 Å². The molecule has 0 spiro atoms. The van der Waals surface area contributed by atoms with Gasteiger partial charge in [0.1, 0.15) is 0 Å². The Morgan fingerprint density at radius 1 is 1.08 bits per heavy atom. The number of alkyl halides is 3. The molecule has 0 N–H and O–H groups in total. The lowest BCUT2D eigenvalue weighted by atomic mass is 10.1. The molecule has 0 unspecified atom stereocenters. The molecule has 0 saturated carbocycles. The minimum atomic E-state index is -4.34. The molecule has 3 nitrogen and oxygen atoms in total. The van der Waals surface area contributed by atoms with Crippen LogP contribution in [0.3, 0.4) is 0 Å². The van der Waals surface area contributed by atoms with Crippen LogP contribution in [-0.2, 0) is 11.0 Å². The minimum Gasteiger partial charge on any atom is -0.335 e. The Balaban J connectivity index is 0.00000243. The van der Waals surface area contributed by atoms with Gasteiger partial charge in [0.05, 0.1) is 5.56 Å². The first kappa shape index (κ1) is 20.8. The number of likely N-dealkylation sites (tertiary alicyclic amines) is 2. The van der Waals surface area contributed by atoms with Crippen LogP contribution in [-0.4, -0.2) is 47.9 Å². The van der Waals surface area contributed by atoms with E-state index >= 15 is 0 Å². The first-order valence-electron chi connectivity index (χ1n) is 8.82. The van der Waals surface area contributed by atoms with Crippen LogP contribution in [0.5, 0.6) is 0 Å². The van der Waals surface area contributed by atoms with Gasteiger partial charge in [-0.2, -0.15) is 13.2 Å². The Bertz CT molecular complexity index is 625. The van der Waals surface area contributed by atoms with Gasteiger partial charge in [-0.15, -0.1) is 12.4 Å². The van der Waals surface area contributed by atoms with E-state index in [2.05, 4.69) is 4.90 Å². The van der Waals surface area contributed by atoms with Gasteiger partial charge >= 0.3 is 6.18 Å². The number of carbonyl (C=O) groups is 1. The summed E-state index contributed by atoms with van der Waals surface area (Å²) in [6.45, 7) is 3.91. The predicted octanol–water partition coefficient (Wildman–Crippen LogP) is 4.23. The molecule has 0 aromatic heterocycles. The maximum atomic E-state index is 12.6. The molecular weight excluding hydrogens is 365 g/mol. The first-order chi connectivity index (χ1) is 11.9. The van der Waals surface area contributed by atoms with Crippen LogP contribution in [0.25, 0.3) is 6.08 Å².